The lowest BCUT2D eigenvalue weighted by Crippen LogP contribution is -2.12. The van der Waals surface area contributed by atoms with E-state index in [-0.39, 0.29) is 5.91 Å². The Morgan fingerprint density at radius 2 is 2.06 bits per heavy atom. The summed E-state index contributed by atoms with van der Waals surface area (Å²) in [5.41, 5.74) is 1.05. The van der Waals surface area contributed by atoms with Gasteiger partial charge in [0.25, 0.3) is 0 Å². The molecule has 1 N–H and O–H groups in total. The summed E-state index contributed by atoms with van der Waals surface area (Å²) in [6.07, 6.45) is 1.34. The molecule has 0 fully saturated rings. The summed E-state index contributed by atoms with van der Waals surface area (Å²) in [6, 6.07) is 6.72. The van der Waals surface area contributed by atoms with Crippen molar-refractivity contribution in [2.24, 2.45) is 5.92 Å². The van der Waals surface area contributed by atoms with Crippen molar-refractivity contribution in [1.29, 1.82) is 0 Å². The third kappa shape index (κ3) is 4.57. The predicted octanol–water partition coefficient (Wildman–Crippen LogP) is 2.85. The molecule has 0 aliphatic heterocycles. The van der Waals surface area contributed by atoms with Crippen molar-refractivity contribution in [2.45, 2.75) is 26.7 Å². The lowest BCUT2D eigenvalue weighted by Gasteiger charge is -2.07. The van der Waals surface area contributed by atoms with Crippen molar-refractivity contribution in [3.05, 3.63) is 29.8 Å². The molecule has 0 unspecified atom stereocenters. The maximum atomic E-state index is 11.6. The van der Waals surface area contributed by atoms with E-state index in [4.69, 9.17) is 0 Å². The van der Waals surface area contributed by atoms with Crippen LogP contribution in [0.15, 0.2) is 24.3 Å². The van der Waals surface area contributed by atoms with E-state index < -0.39 is 5.97 Å². The van der Waals surface area contributed by atoms with Crippen molar-refractivity contribution >= 4 is 17.6 Å². The third-order valence-corrected chi connectivity index (χ3v) is 2.52. The minimum atomic E-state index is -0.409. The Hall–Kier alpha value is -1.84. The van der Waals surface area contributed by atoms with E-state index in [0.29, 0.717) is 23.6 Å². The Bertz CT molecular complexity index is 427. The van der Waals surface area contributed by atoms with Gasteiger partial charge in [-0.1, -0.05) is 19.9 Å². The van der Waals surface area contributed by atoms with Crippen molar-refractivity contribution in [2.75, 3.05) is 12.4 Å². The summed E-state index contributed by atoms with van der Waals surface area (Å²) < 4.78 is 4.62. The fourth-order valence-corrected chi connectivity index (χ4v) is 1.49. The van der Waals surface area contributed by atoms with E-state index in [0.717, 1.165) is 6.42 Å². The largest absolute Gasteiger partial charge is 0.465 e. The molecule has 0 aliphatic rings. The number of methoxy groups -OCH3 is 1. The monoisotopic (exact) mass is 249 g/mol. The number of esters is 1. The maximum Gasteiger partial charge on any atom is 0.337 e. The van der Waals surface area contributed by atoms with Crippen LogP contribution in [-0.4, -0.2) is 19.0 Å². The molecule has 4 heteroatoms. The highest BCUT2D eigenvalue weighted by molar-refractivity contribution is 5.94. The van der Waals surface area contributed by atoms with Crippen LogP contribution in [0.3, 0.4) is 0 Å². The van der Waals surface area contributed by atoms with Gasteiger partial charge in [0, 0.05) is 12.1 Å². The minimum Gasteiger partial charge on any atom is -0.465 e. The molecule has 0 saturated carbocycles. The van der Waals surface area contributed by atoms with Crippen LogP contribution in [0.4, 0.5) is 5.69 Å². The van der Waals surface area contributed by atoms with Crippen molar-refractivity contribution in [3.8, 4) is 0 Å². The lowest BCUT2D eigenvalue weighted by atomic mass is 10.1. The average Bonchev–Trinajstić information content (AvgIpc) is 2.35. The normalized spacial score (nSPS) is 10.2. The first-order valence-corrected chi connectivity index (χ1v) is 6.01. The van der Waals surface area contributed by atoms with Gasteiger partial charge in [0.05, 0.1) is 12.7 Å². The van der Waals surface area contributed by atoms with Gasteiger partial charge in [-0.05, 0) is 30.5 Å². The molecule has 0 aliphatic carbocycles. The van der Waals surface area contributed by atoms with Crippen LogP contribution in [0, 0.1) is 5.92 Å². The summed E-state index contributed by atoms with van der Waals surface area (Å²) in [7, 11) is 1.33. The molecule has 98 valence electrons. The molecule has 4 nitrogen and oxygen atoms in total. The Balaban J connectivity index is 2.62. The summed E-state index contributed by atoms with van der Waals surface area (Å²) in [5.74, 6) is 0.0520. The molecule has 1 amide bonds. The van der Waals surface area contributed by atoms with Gasteiger partial charge in [0.15, 0.2) is 0 Å². The topological polar surface area (TPSA) is 55.4 Å². The van der Waals surface area contributed by atoms with Crippen molar-refractivity contribution in [1.82, 2.24) is 0 Å². The van der Waals surface area contributed by atoms with Gasteiger partial charge in [0.1, 0.15) is 0 Å². The third-order valence-electron chi connectivity index (χ3n) is 2.52. The van der Waals surface area contributed by atoms with Gasteiger partial charge in [-0.15, -0.1) is 0 Å². The summed E-state index contributed by atoms with van der Waals surface area (Å²) in [4.78, 5) is 23.0. The first-order chi connectivity index (χ1) is 8.52. The van der Waals surface area contributed by atoms with Crippen molar-refractivity contribution < 1.29 is 14.3 Å². The molecular formula is C14H19NO3. The molecule has 0 spiro atoms. The van der Waals surface area contributed by atoms with Gasteiger partial charge in [-0.25, -0.2) is 4.79 Å². The predicted molar refractivity (Wildman–Crippen MR) is 70.5 cm³/mol. The first-order valence-electron chi connectivity index (χ1n) is 6.01. The highest BCUT2D eigenvalue weighted by Gasteiger charge is 2.08. The zero-order valence-corrected chi connectivity index (χ0v) is 11.0. The quantitative estimate of drug-likeness (QED) is 0.816. The number of ether oxygens (including phenoxy) is 1. The number of anilines is 1. The number of benzene rings is 1. The van der Waals surface area contributed by atoms with E-state index in [1.54, 1.807) is 24.3 Å². The second-order valence-corrected chi connectivity index (χ2v) is 4.55. The molecule has 0 saturated heterocycles. The number of amides is 1. The average molecular weight is 249 g/mol. The Labute approximate surface area is 107 Å². The molecular weight excluding hydrogens is 230 g/mol. The van der Waals surface area contributed by atoms with Crippen LogP contribution in [0.25, 0.3) is 0 Å². The molecule has 0 radical (unpaired) electrons. The fraction of sp³-hybridized carbons (Fsp3) is 0.429. The van der Waals surface area contributed by atoms with Crippen LogP contribution in [0.2, 0.25) is 0 Å². The standard InChI is InChI=1S/C14H19NO3/c1-10(2)7-8-13(16)15-12-6-4-5-11(9-12)14(17)18-3/h4-6,9-10H,7-8H2,1-3H3,(H,15,16). The number of carbonyl (C=O) groups excluding carboxylic acids is 2. The smallest absolute Gasteiger partial charge is 0.337 e. The molecule has 1 aromatic carbocycles. The van der Waals surface area contributed by atoms with Gasteiger partial charge in [-0.3, -0.25) is 4.79 Å². The number of rotatable bonds is 5. The fourth-order valence-electron chi connectivity index (χ4n) is 1.49. The van der Waals surface area contributed by atoms with Gasteiger partial charge < -0.3 is 10.1 Å². The summed E-state index contributed by atoms with van der Waals surface area (Å²) >= 11 is 0. The SMILES string of the molecule is COC(=O)c1cccc(NC(=O)CCC(C)C)c1. The highest BCUT2D eigenvalue weighted by atomic mass is 16.5. The molecule has 1 rings (SSSR count). The number of hydrogen-bond donors (Lipinski definition) is 1. The lowest BCUT2D eigenvalue weighted by molar-refractivity contribution is -0.116. The Morgan fingerprint density at radius 3 is 2.67 bits per heavy atom. The van der Waals surface area contributed by atoms with Crippen LogP contribution in [0.5, 0.6) is 0 Å². The molecule has 0 atom stereocenters. The molecule has 0 bridgehead atoms. The molecule has 18 heavy (non-hydrogen) atoms. The molecule has 0 heterocycles. The second kappa shape index (κ2) is 6.79. The Morgan fingerprint density at radius 1 is 1.33 bits per heavy atom. The first kappa shape index (κ1) is 14.2. The van der Waals surface area contributed by atoms with Crippen LogP contribution in [-0.2, 0) is 9.53 Å². The van der Waals surface area contributed by atoms with Gasteiger partial charge in [-0.2, -0.15) is 0 Å². The summed E-state index contributed by atoms with van der Waals surface area (Å²) in [5, 5.41) is 2.77. The van der Waals surface area contributed by atoms with E-state index in [1.807, 2.05) is 0 Å². The molecule has 1 aromatic rings. The minimum absolute atomic E-state index is 0.0364. The van der Waals surface area contributed by atoms with Gasteiger partial charge in [0.2, 0.25) is 5.91 Å². The van der Waals surface area contributed by atoms with Gasteiger partial charge >= 0.3 is 5.97 Å². The van der Waals surface area contributed by atoms with Crippen LogP contribution in [0.1, 0.15) is 37.0 Å². The summed E-state index contributed by atoms with van der Waals surface area (Å²) in [6.45, 7) is 4.15. The number of carbonyl (C=O) groups is 2. The van der Waals surface area contributed by atoms with Crippen LogP contribution < -0.4 is 5.32 Å². The van der Waals surface area contributed by atoms with E-state index in [2.05, 4.69) is 23.9 Å². The van der Waals surface area contributed by atoms with Crippen LogP contribution >= 0.6 is 0 Å². The molecule has 0 aromatic heterocycles. The van der Waals surface area contributed by atoms with E-state index in [1.165, 1.54) is 7.11 Å². The number of nitrogens with one attached hydrogen (secondary N) is 1. The zero-order chi connectivity index (χ0) is 13.5. The van der Waals surface area contributed by atoms with Crippen molar-refractivity contribution in [3.63, 3.8) is 0 Å². The number of hydrogen-bond acceptors (Lipinski definition) is 3. The Kier molecular flexibility index (Phi) is 5.36. The highest BCUT2D eigenvalue weighted by Crippen LogP contribution is 2.13. The van der Waals surface area contributed by atoms with E-state index in [9.17, 15) is 9.59 Å². The zero-order valence-electron chi connectivity index (χ0n) is 11.0. The second-order valence-electron chi connectivity index (χ2n) is 4.55. The maximum absolute atomic E-state index is 11.6. The van der Waals surface area contributed by atoms with E-state index >= 15 is 0 Å².